The molecular weight excluding hydrogens is 120 g/mol. The first-order chi connectivity index (χ1) is 4.59. The zero-order valence-electron chi connectivity index (χ0n) is 7.94. The van der Waals surface area contributed by atoms with Crippen LogP contribution in [-0.2, 0) is 0 Å². The summed E-state index contributed by atoms with van der Waals surface area (Å²) in [6, 6.07) is 0. The first kappa shape index (κ1) is 10.1. The van der Waals surface area contributed by atoms with Crippen molar-refractivity contribution in [1.82, 2.24) is 5.32 Å². The number of nitrogens with one attached hydrogen (secondary N) is 1. The average Bonchev–Trinajstić information content (AvgIpc) is 1.87. The molecule has 0 bridgehead atoms. The van der Waals surface area contributed by atoms with E-state index in [2.05, 4.69) is 41.8 Å². The van der Waals surface area contributed by atoms with Gasteiger partial charge in [-0.15, -0.1) is 0 Å². The van der Waals surface area contributed by atoms with Gasteiger partial charge in [-0.25, -0.2) is 0 Å². The van der Waals surface area contributed by atoms with Gasteiger partial charge >= 0.3 is 0 Å². The predicted octanol–water partition coefficient (Wildman–Crippen LogP) is -0.367. The van der Waals surface area contributed by atoms with E-state index in [1.807, 2.05) is 0 Å². The molecule has 10 heavy (non-hydrogen) atoms. The van der Waals surface area contributed by atoms with Crippen molar-refractivity contribution >= 4 is 15.7 Å². The molecule has 3 heteroatoms. The van der Waals surface area contributed by atoms with Crippen molar-refractivity contribution in [2.24, 2.45) is 5.92 Å². The van der Waals surface area contributed by atoms with E-state index in [0.29, 0.717) is 5.94 Å². The van der Waals surface area contributed by atoms with Crippen LogP contribution in [0, 0.1) is 5.92 Å². The van der Waals surface area contributed by atoms with E-state index in [-0.39, 0.29) is 0 Å². The van der Waals surface area contributed by atoms with Crippen molar-refractivity contribution in [3.8, 4) is 0 Å². The lowest BCUT2D eigenvalue weighted by molar-refractivity contribution is 0.467. The van der Waals surface area contributed by atoms with Gasteiger partial charge in [0.2, 0.25) is 0 Å². The lowest BCUT2D eigenvalue weighted by Crippen LogP contribution is -2.36. The molecule has 0 aromatic rings. The number of hydrogen-bond donors (Lipinski definition) is 1. The van der Waals surface area contributed by atoms with Gasteiger partial charge in [0.05, 0.1) is 0 Å². The molecule has 0 aliphatic carbocycles. The topological polar surface area (TPSA) is 12.0 Å². The van der Waals surface area contributed by atoms with Gasteiger partial charge in [0.25, 0.3) is 0 Å². The highest BCUT2D eigenvalue weighted by molar-refractivity contribution is 6.15. The summed E-state index contributed by atoms with van der Waals surface area (Å²) in [6.07, 6.45) is 0. The Hall–Kier alpha value is 0.0899. The molecule has 58 valence electrons. The maximum absolute atomic E-state index is 3.43. The Morgan fingerprint density at radius 3 is 2.10 bits per heavy atom. The van der Waals surface area contributed by atoms with Gasteiger partial charge < -0.3 is 5.32 Å². The molecule has 1 nitrogen and oxygen atoms in total. The second-order valence-corrected chi connectivity index (χ2v) is 3.45. The van der Waals surface area contributed by atoms with Gasteiger partial charge in [-0.3, -0.25) is 0 Å². The molecule has 0 heterocycles. The average molecular weight is 139 g/mol. The van der Waals surface area contributed by atoms with E-state index in [9.17, 15) is 0 Å². The standard InChI is InChI=1S/C7H19B2N/c1-4-10-7(9)5(2)6(3)8/h5-7,10H,4,8-9H2,1-3H3. The lowest BCUT2D eigenvalue weighted by Gasteiger charge is -2.24. The number of rotatable bonds is 4. The minimum atomic E-state index is 0.657. The molecule has 0 saturated carbocycles. The van der Waals surface area contributed by atoms with Crippen molar-refractivity contribution in [2.45, 2.75) is 32.5 Å². The molecule has 0 rings (SSSR count). The van der Waals surface area contributed by atoms with Crippen LogP contribution in [0.4, 0.5) is 0 Å². The SMILES string of the molecule is BC(C)C(C)C(B)NCC. The second-order valence-electron chi connectivity index (χ2n) is 3.45. The van der Waals surface area contributed by atoms with Crippen molar-refractivity contribution < 1.29 is 0 Å². The molecule has 0 amide bonds. The highest BCUT2D eigenvalue weighted by atomic mass is 14.9. The fourth-order valence-electron chi connectivity index (χ4n) is 1.09. The molecule has 0 saturated heterocycles. The van der Waals surface area contributed by atoms with E-state index in [0.717, 1.165) is 18.3 Å². The maximum atomic E-state index is 3.43. The maximum Gasteiger partial charge on any atom is 0.123 e. The Morgan fingerprint density at radius 2 is 1.80 bits per heavy atom. The molecule has 0 radical (unpaired) electrons. The fraction of sp³-hybridized carbons (Fsp3) is 1.00. The predicted molar refractivity (Wildman–Crippen MR) is 53.1 cm³/mol. The first-order valence-corrected chi connectivity index (χ1v) is 4.33. The Bertz CT molecular complexity index is 85.7. The molecular formula is C7H19B2N. The Balaban J connectivity index is 3.58. The van der Waals surface area contributed by atoms with Crippen LogP contribution in [-0.4, -0.2) is 28.2 Å². The van der Waals surface area contributed by atoms with E-state index < -0.39 is 0 Å². The summed E-state index contributed by atoms with van der Waals surface area (Å²) in [5.41, 5.74) is 0. The number of hydrogen-bond acceptors (Lipinski definition) is 1. The van der Waals surface area contributed by atoms with Crippen molar-refractivity contribution in [1.29, 1.82) is 0 Å². The Labute approximate surface area is 66.8 Å². The van der Waals surface area contributed by atoms with Crippen LogP contribution in [0.25, 0.3) is 0 Å². The summed E-state index contributed by atoms with van der Waals surface area (Å²) in [4.78, 5) is 0. The third kappa shape index (κ3) is 3.31. The molecule has 3 atom stereocenters. The first-order valence-electron chi connectivity index (χ1n) is 4.33. The van der Waals surface area contributed by atoms with Crippen molar-refractivity contribution in [2.75, 3.05) is 6.54 Å². The highest BCUT2D eigenvalue weighted by Crippen LogP contribution is 2.14. The third-order valence-electron chi connectivity index (χ3n) is 2.37. The highest BCUT2D eigenvalue weighted by Gasteiger charge is 2.13. The van der Waals surface area contributed by atoms with Crippen molar-refractivity contribution in [3.63, 3.8) is 0 Å². The van der Waals surface area contributed by atoms with Gasteiger partial charge in [0, 0.05) is 0 Å². The van der Waals surface area contributed by atoms with Crippen LogP contribution in [0.3, 0.4) is 0 Å². The fourth-order valence-corrected chi connectivity index (χ4v) is 1.09. The van der Waals surface area contributed by atoms with E-state index >= 15 is 0 Å². The molecule has 0 aromatic heterocycles. The van der Waals surface area contributed by atoms with Gasteiger partial charge in [0.1, 0.15) is 15.7 Å². The van der Waals surface area contributed by atoms with Gasteiger partial charge in [-0.1, -0.05) is 26.6 Å². The monoisotopic (exact) mass is 139 g/mol. The summed E-state index contributed by atoms with van der Waals surface area (Å²) >= 11 is 0. The van der Waals surface area contributed by atoms with Gasteiger partial charge in [-0.2, -0.15) is 0 Å². The summed E-state index contributed by atoms with van der Waals surface area (Å²) in [5, 5.41) is 3.43. The van der Waals surface area contributed by atoms with Crippen molar-refractivity contribution in [3.05, 3.63) is 0 Å². The molecule has 0 aliphatic heterocycles. The van der Waals surface area contributed by atoms with Crippen LogP contribution in [0.1, 0.15) is 20.8 Å². The summed E-state index contributed by atoms with van der Waals surface area (Å²) in [6.45, 7) is 7.82. The lowest BCUT2D eigenvalue weighted by atomic mass is 9.70. The van der Waals surface area contributed by atoms with E-state index in [4.69, 9.17) is 0 Å². The largest absolute Gasteiger partial charge is 0.322 e. The van der Waals surface area contributed by atoms with Crippen LogP contribution in [0.15, 0.2) is 0 Å². The molecule has 0 aliphatic rings. The Morgan fingerprint density at radius 1 is 1.30 bits per heavy atom. The second kappa shape index (κ2) is 4.84. The minimum absolute atomic E-state index is 0.657. The van der Waals surface area contributed by atoms with Crippen LogP contribution >= 0.6 is 0 Å². The molecule has 0 fully saturated rings. The van der Waals surface area contributed by atoms with Crippen LogP contribution in [0.2, 0.25) is 5.82 Å². The minimum Gasteiger partial charge on any atom is -0.322 e. The smallest absolute Gasteiger partial charge is 0.123 e. The van der Waals surface area contributed by atoms with E-state index in [1.165, 1.54) is 0 Å². The third-order valence-corrected chi connectivity index (χ3v) is 2.37. The molecule has 1 N–H and O–H groups in total. The summed E-state index contributed by atoms with van der Waals surface area (Å²) in [5.74, 6) is 2.22. The molecule has 3 unspecified atom stereocenters. The zero-order valence-corrected chi connectivity index (χ0v) is 7.94. The van der Waals surface area contributed by atoms with Crippen LogP contribution < -0.4 is 5.32 Å². The van der Waals surface area contributed by atoms with Crippen LogP contribution in [0.5, 0.6) is 0 Å². The quantitative estimate of drug-likeness (QED) is 0.524. The Kier molecular flexibility index (Phi) is 4.88. The molecule has 0 spiro atoms. The summed E-state index contributed by atoms with van der Waals surface area (Å²) in [7, 11) is 4.53. The normalized spacial score (nSPS) is 19.9. The summed E-state index contributed by atoms with van der Waals surface area (Å²) < 4.78 is 0. The van der Waals surface area contributed by atoms with E-state index in [1.54, 1.807) is 0 Å². The van der Waals surface area contributed by atoms with Gasteiger partial charge in [0.15, 0.2) is 0 Å². The molecule has 0 aromatic carbocycles. The zero-order chi connectivity index (χ0) is 8.15. The van der Waals surface area contributed by atoms with Gasteiger partial charge in [-0.05, 0) is 18.4 Å².